The number of carbonyl (C=O) groups is 1. The van der Waals surface area contributed by atoms with Crippen molar-refractivity contribution in [3.8, 4) is 0 Å². The van der Waals surface area contributed by atoms with Crippen molar-refractivity contribution >= 4 is 5.91 Å². The van der Waals surface area contributed by atoms with Gasteiger partial charge in [0.2, 0.25) is 5.91 Å². The number of aliphatic hydroxyl groups is 8. The van der Waals surface area contributed by atoms with E-state index < -0.39 is 86.8 Å². The van der Waals surface area contributed by atoms with Gasteiger partial charge in [0.25, 0.3) is 0 Å². The van der Waals surface area contributed by atoms with E-state index in [0.717, 1.165) is 51.4 Å². The average molecular weight is 1130 g/mol. The first kappa shape index (κ1) is 74.1. The summed E-state index contributed by atoms with van der Waals surface area (Å²) in [6.07, 6.45) is 43.2. The normalized spacial score (nSPS) is 24.3. The van der Waals surface area contributed by atoms with E-state index in [9.17, 15) is 45.6 Å². The van der Waals surface area contributed by atoms with E-state index in [2.05, 4.69) is 19.2 Å². The van der Waals surface area contributed by atoms with Gasteiger partial charge in [0.05, 0.1) is 32.0 Å². The van der Waals surface area contributed by atoms with Crippen LogP contribution < -0.4 is 5.32 Å². The zero-order valence-electron chi connectivity index (χ0n) is 50.9. The van der Waals surface area contributed by atoms with Crippen molar-refractivity contribution < 1.29 is 64.6 Å². The molecular weight excluding hydrogens is 1000 g/mol. The minimum absolute atomic E-state index is 0.202. The molecule has 2 aliphatic heterocycles. The first-order valence-electron chi connectivity index (χ1n) is 33.8. The third kappa shape index (κ3) is 36.4. The summed E-state index contributed by atoms with van der Waals surface area (Å²) in [6.45, 7) is 2.87. The molecule has 0 aromatic rings. The molecule has 2 aliphatic rings. The smallest absolute Gasteiger partial charge is 0.220 e. The van der Waals surface area contributed by atoms with Crippen LogP contribution in [0.4, 0.5) is 0 Å². The lowest BCUT2D eigenvalue weighted by Gasteiger charge is -2.46. The Hall–Kier alpha value is -1.01. The molecule has 14 heteroatoms. The summed E-state index contributed by atoms with van der Waals surface area (Å²) < 4.78 is 22.8. The highest BCUT2D eigenvalue weighted by Crippen LogP contribution is 2.30. The zero-order valence-corrected chi connectivity index (χ0v) is 50.9. The molecule has 470 valence electrons. The van der Waals surface area contributed by atoms with Crippen molar-refractivity contribution in [3.63, 3.8) is 0 Å². The standard InChI is InChI=1S/C65H127NO13/c1-3-5-7-9-11-13-14-15-16-17-18-19-20-21-22-23-24-25-26-27-28-29-30-31-32-33-34-35-36-37-38-39-41-43-45-47-49-57(70)66-53(54(69)48-46-44-42-40-12-10-8-6-4-2)52-76-64-62(75)60(73)63(56(51-68)78-64)79-65-61(74)59(72)58(71)55(50-67)77-65/h53-56,58-65,67-69,71-75H,3-52H2,1-2H3,(H,66,70)/t53-,54+,55+,56+,58-,59?,60?,61?,62?,63+,64+,65-/m0/s1. The molecule has 14 nitrogen and oxygen atoms in total. The summed E-state index contributed by atoms with van der Waals surface area (Å²) in [7, 11) is 0. The molecule has 9 N–H and O–H groups in total. The lowest BCUT2D eigenvalue weighted by molar-refractivity contribution is -0.359. The molecular formula is C65H127NO13. The Kier molecular flexibility index (Phi) is 48.2. The molecule has 1 amide bonds. The number of hydrogen-bond acceptors (Lipinski definition) is 13. The predicted octanol–water partition coefficient (Wildman–Crippen LogP) is 12.8. The maximum atomic E-state index is 13.2. The molecule has 0 bridgehead atoms. The van der Waals surface area contributed by atoms with Crippen LogP contribution in [0.15, 0.2) is 0 Å². The fourth-order valence-corrected chi connectivity index (χ4v) is 11.7. The second-order valence-electron chi connectivity index (χ2n) is 24.3. The summed E-state index contributed by atoms with van der Waals surface area (Å²) >= 11 is 0. The Balaban J connectivity index is 1.52. The van der Waals surface area contributed by atoms with Gasteiger partial charge in [-0.15, -0.1) is 0 Å². The van der Waals surface area contributed by atoms with Gasteiger partial charge in [-0.1, -0.05) is 296 Å². The Morgan fingerprint density at radius 3 is 1.08 bits per heavy atom. The first-order valence-corrected chi connectivity index (χ1v) is 33.8. The van der Waals surface area contributed by atoms with Crippen LogP contribution >= 0.6 is 0 Å². The number of carbonyl (C=O) groups excluding carboxylic acids is 1. The van der Waals surface area contributed by atoms with Crippen LogP contribution in [-0.2, 0) is 23.7 Å². The van der Waals surface area contributed by atoms with Crippen LogP contribution in [-0.4, -0.2) is 140 Å². The first-order chi connectivity index (χ1) is 38.6. The quantitative estimate of drug-likeness (QED) is 0.0259. The molecule has 0 radical (unpaired) electrons. The molecule has 2 rings (SSSR count). The van der Waals surface area contributed by atoms with Crippen LogP contribution in [0, 0.1) is 0 Å². The lowest BCUT2D eigenvalue weighted by atomic mass is 9.97. The van der Waals surface area contributed by atoms with Crippen molar-refractivity contribution in [1.29, 1.82) is 0 Å². The molecule has 79 heavy (non-hydrogen) atoms. The van der Waals surface area contributed by atoms with Crippen molar-refractivity contribution in [3.05, 3.63) is 0 Å². The van der Waals surface area contributed by atoms with Crippen molar-refractivity contribution in [2.75, 3.05) is 19.8 Å². The molecule has 0 aliphatic carbocycles. The van der Waals surface area contributed by atoms with Gasteiger partial charge in [-0.2, -0.15) is 0 Å². The largest absolute Gasteiger partial charge is 0.394 e. The molecule has 0 saturated carbocycles. The van der Waals surface area contributed by atoms with Crippen molar-refractivity contribution in [2.24, 2.45) is 0 Å². The van der Waals surface area contributed by atoms with E-state index >= 15 is 0 Å². The van der Waals surface area contributed by atoms with Crippen LogP contribution in [0.1, 0.15) is 316 Å². The predicted molar refractivity (Wildman–Crippen MR) is 319 cm³/mol. The Morgan fingerprint density at radius 1 is 0.405 bits per heavy atom. The Bertz CT molecular complexity index is 1330. The number of amides is 1. The van der Waals surface area contributed by atoms with Crippen LogP contribution in [0.2, 0.25) is 0 Å². The summed E-state index contributed by atoms with van der Waals surface area (Å²) in [5, 5.41) is 87.1. The van der Waals surface area contributed by atoms with Gasteiger partial charge in [-0.3, -0.25) is 4.79 Å². The van der Waals surface area contributed by atoms with E-state index in [-0.39, 0.29) is 12.5 Å². The highest BCUT2D eigenvalue weighted by molar-refractivity contribution is 5.76. The zero-order chi connectivity index (χ0) is 57.4. The van der Waals surface area contributed by atoms with Crippen LogP contribution in [0.5, 0.6) is 0 Å². The number of unbranched alkanes of at least 4 members (excludes halogenated alkanes) is 43. The fourth-order valence-electron chi connectivity index (χ4n) is 11.7. The molecule has 2 heterocycles. The second kappa shape index (κ2) is 51.4. The minimum Gasteiger partial charge on any atom is -0.394 e. The van der Waals surface area contributed by atoms with E-state index in [1.807, 2.05) is 0 Å². The maximum Gasteiger partial charge on any atom is 0.220 e. The van der Waals surface area contributed by atoms with E-state index in [0.29, 0.717) is 12.8 Å². The van der Waals surface area contributed by atoms with E-state index in [1.165, 1.54) is 238 Å². The highest BCUT2D eigenvalue weighted by atomic mass is 16.7. The topological polar surface area (TPSA) is 228 Å². The summed E-state index contributed by atoms with van der Waals surface area (Å²) in [5.74, 6) is -0.202. The fraction of sp³-hybridized carbons (Fsp3) is 0.985. The molecule has 2 fully saturated rings. The molecule has 12 atom stereocenters. The number of rotatable bonds is 56. The second-order valence-corrected chi connectivity index (χ2v) is 24.3. The third-order valence-electron chi connectivity index (χ3n) is 17.1. The van der Waals surface area contributed by atoms with Crippen molar-refractivity contribution in [2.45, 2.75) is 389 Å². The molecule has 2 saturated heterocycles. The molecule has 0 aromatic carbocycles. The Labute approximate surface area is 483 Å². The van der Waals surface area contributed by atoms with Crippen LogP contribution in [0.25, 0.3) is 0 Å². The van der Waals surface area contributed by atoms with Crippen molar-refractivity contribution in [1.82, 2.24) is 5.32 Å². The van der Waals surface area contributed by atoms with Gasteiger partial charge in [-0.05, 0) is 12.8 Å². The minimum atomic E-state index is -1.78. The average Bonchev–Trinajstić information content (AvgIpc) is 3.47. The summed E-state index contributed by atoms with van der Waals surface area (Å²) in [6, 6.07) is -0.821. The van der Waals surface area contributed by atoms with E-state index in [1.54, 1.807) is 0 Å². The maximum absolute atomic E-state index is 13.2. The number of hydrogen-bond donors (Lipinski definition) is 9. The van der Waals surface area contributed by atoms with Gasteiger partial charge in [0.1, 0.15) is 48.8 Å². The van der Waals surface area contributed by atoms with E-state index in [4.69, 9.17) is 18.9 Å². The summed E-state index contributed by atoms with van der Waals surface area (Å²) in [5.41, 5.74) is 0. The van der Waals surface area contributed by atoms with Gasteiger partial charge < -0.3 is 65.1 Å². The molecule has 0 spiro atoms. The third-order valence-corrected chi connectivity index (χ3v) is 17.1. The summed E-state index contributed by atoms with van der Waals surface area (Å²) in [4.78, 5) is 13.2. The number of ether oxygens (including phenoxy) is 4. The number of nitrogens with one attached hydrogen (secondary N) is 1. The van der Waals surface area contributed by atoms with Crippen LogP contribution in [0.3, 0.4) is 0 Å². The molecule has 0 aromatic heterocycles. The van der Waals surface area contributed by atoms with Gasteiger partial charge in [0, 0.05) is 6.42 Å². The number of aliphatic hydroxyl groups excluding tert-OH is 8. The lowest BCUT2D eigenvalue weighted by Crippen LogP contribution is -2.65. The monoisotopic (exact) mass is 1130 g/mol. The SMILES string of the molecule is CCCCCCCCCCCCCCCCCCCCCCCCCCCCCCCCCCCCCCC(=O)N[C@@H](CO[C@@H]1O[C@H](CO)[C@@H](O[C@@H]2O[C@H](CO)[C@H](O)C(O)C2O)C(O)C1O)[C@H](O)CCCCCCCCCCC. The van der Waals surface area contributed by atoms with Gasteiger partial charge in [-0.25, -0.2) is 0 Å². The molecule has 4 unspecified atom stereocenters. The van der Waals surface area contributed by atoms with Gasteiger partial charge in [0.15, 0.2) is 12.6 Å². The van der Waals surface area contributed by atoms with Gasteiger partial charge >= 0.3 is 0 Å². The highest BCUT2D eigenvalue weighted by Gasteiger charge is 2.51. The Morgan fingerprint density at radius 2 is 0.722 bits per heavy atom.